The monoisotopic (exact) mass is 108 g/mol. The van der Waals surface area contributed by atoms with Gasteiger partial charge in [-0.15, -0.1) is 6.58 Å². The molecule has 1 fully saturated rings. The molecule has 0 N–H and O–H groups in total. The quantitative estimate of drug-likeness (QED) is 0.453. The summed E-state index contributed by atoms with van der Waals surface area (Å²) in [5.74, 6) is 0.738. The maximum absolute atomic E-state index is 3.90. The van der Waals surface area contributed by atoms with E-state index in [0.717, 1.165) is 5.92 Å². The SMILES string of the molecule is C=CC1CCC(=C)C1. The lowest BCUT2D eigenvalue weighted by Crippen LogP contribution is -1.82. The van der Waals surface area contributed by atoms with Gasteiger partial charge in [0.05, 0.1) is 0 Å². The van der Waals surface area contributed by atoms with E-state index in [9.17, 15) is 0 Å². The molecule has 0 saturated heterocycles. The first-order valence-corrected chi connectivity index (χ1v) is 3.12. The molecule has 1 saturated carbocycles. The Morgan fingerprint density at radius 3 is 2.62 bits per heavy atom. The molecule has 0 radical (unpaired) electrons. The molecule has 0 heteroatoms. The van der Waals surface area contributed by atoms with Crippen LogP contribution in [0.2, 0.25) is 0 Å². The molecule has 0 aliphatic heterocycles. The van der Waals surface area contributed by atoms with Crippen LogP contribution in [-0.2, 0) is 0 Å². The summed E-state index contributed by atoms with van der Waals surface area (Å²) in [6.07, 6.45) is 5.72. The highest BCUT2D eigenvalue weighted by atomic mass is 14.2. The van der Waals surface area contributed by atoms with E-state index in [-0.39, 0.29) is 0 Å². The van der Waals surface area contributed by atoms with Crippen LogP contribution in [0.5, 0.6) is 0 Å². The fraction of sp³-hybridized carbons (Fsp3) is 0.500. The average molecular weight is 108 g/mol. The maximum Gasteiger partial charge on any atom is -0.0196 e. The van der Waals surface area contributed by atoms with Crippen molar-refractivity contribution in [2.24, 2.45) is 5.92 Å². The number of allylic oxidation sites excluding steroid dienone is 2. The molecule has 8 heavy (non-hydrogen) atoms. The predicted molar refractivity (Wildman–Crippen MR) is 36.7 cm³/mol. The molecule has 0 spiro atoms. The molecule has 1 rings (SSSR count). The van der Waals surface area contributed by atoms with Crippen molar-refractivity contribution in [1.29, 1.82) is 0 Å². The second kappa shape index (κ2) is 2.17. The molecule has 1 unspecified atom stereocenters. The van der Waals surface area contributed by atoms with Crippen LogP contribution in [0.4, 0.5) is 0 Å². The molecule has 1 aliphatic carbocycles. The Balaban J connectivity index is 2.43. The fourth-order valence-corrected chi connectivity index (χ4v) is 1.17. The van der Waals surface area contributed by atoms with Gasteiger partial charge < -0.3 is 0 Å². The van der Waals surface area contributed by atoms with Gasteiger partial charge in [-0.1, -0.05) is 18.2 Å². The summed E-state index contributed by atoms with van der Waals surface area (Å²) in [7, 11) is 0. The molecule has 0 heterocycles. The van der Waals surface area contributed by atoms with E-state index in [1.54, 1.807) is 0 Å². The van der Waals surface area contributed by atoms with Crippen LogP contribution in [0, 0.1) is 5.92 Å². The minimum absolute atomic E-state index is 0.738. The van der Waals surface area contributed by atoms with Gasteiger partial charge in [0, 0.05) is 0 Å². The van der Waals surface area contributed by atoms with E-state index in [2.05, 4.69) is 13.2 Å². The highest BCUT2D eigenvalue weighted by molar-refractivity contribution is 5.05. The number of hydrogen-bond acceptors (Lipinski definition) is 0. The standard InChI is InChI=1S/C8H12/c1-3-8-5-4-7(2)6-8/h3,8H,1-2,4-6H2. The highest BCUT2D eigenvalue weighted by Gasteiger charge is 2.13. The molecule has 0 amide bonds. The fourth-order valence-electron chi connectivity index (χ4n) is 1.17. The Kier molecular flexibility index (Phi) is 1.52. The van der Waals surface area contributed by atoms with E-state index in [4.69, 9.17) is 0 Å². The predicted octanol–water partition coefficient (Wildman–Crippen LogP) is 2.53. The van der Waals surface area contributed by atoms with Gasteiger partial charge >= 0.3 is 0 Å². The maximum atomic E-state index is 3.90. The third kappa shape index (κ3) is 1.00. The normalized spacial score (nSPS) is 28.5. The van der Waals surface area contributed by atoms with Crippen LogP contribution in [0.25, 0.3) is 0 Å². The highest BCUT2D eigenvalue weighted by Crippen LogP contribution is 2.28. The van der Waals surface area contributed by atoms with Crippen molar-refractivity contribution in [3.8, 4) is 0 Å². The molecule has 44 valence electrons. The Morgan fingerprint density at radius 2 is 2.38 bits per heavy atom. The summed E-state index contributed by atoms with van der Waals surface area (Å²) in [6.45, 7) is 7.64. The van der Waals surface area contributed by atoms with Gasteiger partial charge in [0.25, 0.3) is 0 Å². The van der Waals surface area contributed by atoms with Gasteiger partial charge in [0.2, 0.25) is 0 Å². The van der Waals surface area contributed by atoms with Crippen LogP contribution < -0.4 is 0 Å². The third-order valence-electron chi connectivity index (χ3n) is 1.75. The zero-order valence-electron chi connectivity index (χ0n) is 5.19. The lowest BCUT2D eigenvalue weighted by Gasteiger charge is -1.95. The van der Waals surface area contributed by atoms with E-state index in [1.165, 1.54) is 24.8 Å². The first-order chi connectivity index (χ1) is 3.83. The minimum Gasteiger partial charge on any atom is -0.103 e. The second-order valence-corrected chi connectivity index (χ2v) is 2.49. The van der Waals surface area contributed by atoms with Crippen molar-refractivity contribution in [3.63, 3.8) is 0 Å². The van der Waals surface area contributed by atoms with Crippen molar-refractivity contribution >= 4 is 0 Å². The number of hydrogen-bond donors (Lipinski definition) is 0. The first kappa shape index (κ1) is 5.61. The van der Waals surface area contributed by atoms with Crippen LogP contribution in [0.15, 0.2) is 24.8 Å². The largest absolute Gasteiger partial charge is 0.103 e. The molecular formula is C8H12. The molecule has 0 aromatic rings. The van der Waals surface area contributed by atoms with Crippen molar-refractivity contribution in [2.45, 2.75) is 19.3 Å². The van der Waals surface area contributed by atoms with Crippen LogP contribution >= 0.6 is 0 Å². The molecular weight excluding hydrogens is 96.1 g/mol. The van der Waals surface area contributed by atoms with Gasteiger partial charge in [-0.2, -0.15) is 0 Å². The van der Waals surface area contributed by atoms with Gasteiger partial charge in [0.15, 0.2) is 0 Å². The second-order valence-electron chi connectivity index (χ2n) is 2.49. The summed E-state index contributed by atoms with van der Waals surface area (Å²) in [5.41, 5.74) is 1.40. The minimum atomic E-state index is 0.738. The van der Waals surface area contributed by atoms with Crippen molar-refractivity contribution in [2.75, 3.05) is 0 Å². The summed E-state index contributed by atoms with van der Waals surface area (Å²) >= 11 is 0. The summed E-state index contributed by atoms with van der Waals surface area (Å²) < 4.78 is 0. The molecule has 1 aliphatic rings. The zero-order chi connectivity index (χ0) is 5.98. The van der Waals surface area contributed by atoms with E-state index < -0.39 is 0 Å². The van der Waals surface area contributed by atoms with E-state index >= 15 is 0 Å². The van der Waals surface area contributed by atoms with Crippen LogP contribution in [-0.4, -0.2) is 0 Å². The summed E-state index contributed by atoms with van der Waals surface area (Å²) in [6, 6.07) is 0. The Bertz CT molecular complexity index is 111. The van der Waals surface area contributed by atoms with Crippen molar-refractivity contribution in [1.82, 2.24) is 0 Å². The smallest absolute Gasteiger partial charge is 0.0196 e. The van der Waals surface area contributed by atoms with Gasteiger partial charge in [-0.3, -0.25) is 0 Å². The topological polar surface area (TPSA) is 0 Å². The first-order valence-electron chi connectivity index (χ1n) is 3.12. The third-order valence-corrected chi connectivity index (χ3v) is 1.75. The summed E-state index contributed by atoms with van der Waals surface area (Å²) in [4.78, 5) is 0. The van der Waals surface area contributed by atoms with Gasteiger partial charge in [0.1, 0.15) is 0 Å². The molecule has 0 aromatic heterocycles. The van der Waals surface area contributed by atoms with Crippen molar-refractivity contribution in [3.05, 3.63) is 24.8 Å². The molecule has 0 nitrogen and oxygen atoms in total. The van der Waals surface area contributed by atoms with Gasteiger partial charge in [-0.25, -0.2) is 0 Å². The Hall–Kier alpha value is -0.520. The van der Waals surface area contributed by atoms with Gasteiger partial charge in [-0.05, 0) is 25.2 Å². The number of rotatable bonds is 1. The average Bonchev–Trinajstić information content (AvgIpc) is 2.14. The van der Waals surface area contributed by atoms with Crippen LogP contribution in [0.1, 0.15) is 19.3 Å². The zero-order valence-corrected chi connectivity index (χ0v) is 5.19. The molecule has 0 bridgehead atoms. The van der Waals surface area contributed by atoms with E-state index in [1.807, 2.05) is 6.08 Å². The molecule has 1 atom stereocenters. The van der Waals surface area contributed by atoms with E-state index in [0.29, 0.717) is 0 Å². The lowest BCUT2D eigenvalue weighted by molar-refractivity contribution is 0.696. The summed E-state index contributed by atoms with van der Waals surface area (Å²) in [5, 5.41) is 0. The Morgan fingerprint density at radius 1 is 1.62 bits per heavy atom. The van der Waals surface area contributed by atoms with Crippen molar-refractivity contribution < 1.29 is 0 Å². The lowest BCUT2D eigenvalue weighted by atomic mass is 10.1. The Labute approximate surface area is 50.9 Å². The van der Waals surface area contributed by atoms with Crippen LogP contribution in [0.3, 0.4) is 0 Å². The molecule has 0 aromatic carbocycles.